The van der Waals surface area contributed by atoms with Gasteiger partial charge in [-0.15, -0.1) is 0 Å². The van der Waals surface area contributed by atoms with Crippen LogP contribution in [-0.4, -0.2) is 48.9 Å². The molecule has 8 nitrogen and oxygen atoms in total. The average Bonchev–Trinajstić information content (AvgIpc) is 3.35. The molecule has 1 aliphatic rings. The summed E-state index contributed by atoms with van der Waals surface area (Å²) in [5.74, 6) is 2.07. The van der Waals surface area contributed by atoms with Crippen molar-refractivity contribution in [2.24, 2.45) is 0 Å². The molecule has 0 spiro atoms. The SMILES string of the molecule is C=C(C(=O)N1CCCCC1)C(C)Br.Nc1ncnc2n[nH]c(-c3ccc(Oc4ccccc4)cc3)c12. The quantitative estimate of drug-likeness (QED) is 0.243. The molecule has 1 amide bonds. The zero-order chi connectivity index (χ0) is 25.5. The normalized spacial score (nSPS) is 14.0. The second-order valence-electron chi connectivity index (χ2n) is 8.49. The van der Waals surface area contributed by atoms with Crippen LogP contribution in [0.5, 0.6) is 11.5 Å². The molecule has 2 aromatic heterocycles. The van der Waals surface area contributed by atoms with Gasteiger partial charge in [-0.25, -0.2) is 9.97 Å². The number of para-hydroxylation sites is 1. The van der Waals surface area contributed by atoms with Gasteiger partial charge in [-0.05, 0) is 62.6 Å². The third-order valence-corrected chi connectivity index (χ3v) is 6.45. The van der Waals surface area contributed by atoms with Crippen LogP contribution in [-0.2, 0) is 4.79 Å². The molecule has 186 valence electrons. The van der Waals surface area contributed by atoms with Crippen molar-refractivity contribution in [3.05, 3.63) is 73.1 Å². The molecule has 3 heterocycles. The molecule has 1 atom stereocenters. The molecule has 5 rings (SSSR count). The van der Waals surface area contributed by atoms with E-state index >= 15 is 0 Å². The molecular weight excluding hydrogens is 520 g/mol. The molecule has 3 N–H and O–H groups in total. The Hall–Kier alpha value is -3.72. The molecule has 4 aromatic rings. The maximum absolute atomic E-state index is 11.7. The highest BCUT2D eigenvalue weighted by atomic mass is 79.9. The second-order valence-corrected chi connectivity index (χ2v) is 9.86. The maximum Gasteiger partial charge on any atom is 0.250 e. The van der Waals surface area contributed by atoms with E-state index in [0.29, 0.717) is 17.0 Å². The Balaban J connectivity index is 0.000000200. The smallest absolute Gasteiger partial charge is 0.250 e. The molecule has 9 heteroatoms. The van der Waals surface area contributed by atoms with Crippen molar-refractivity contribution in [2.75, 3.05) is 18.8 Å². The number of anilines is 1. The molecule has 0 radical (unpaired) electrons. The van der Waals surface area contributed by atoms with E-state index in [0.717, 1.165) is 54.1 Å². The molecule has 1 saturated heterocycles. The Bertz CT molecular complexity index is 1320. The summed E-state index contributed by atoms with van der Waals surface area (Å²) in [6.45, 7) is 7.53. The minimum Gasteiger partial charge on any atom is -0.457 e. The Kier molecular flexibility index (Phi) is 8.32. The third kappa shape index (κ3) is 6.09. The minimum atomic E-state index is 0.0851. The number of nitrogens with zero attached hydrogens (tertiary/aromatic N) is 4. The molecular formula is C27H29BrN6O2. The van der Waals surface area contributed by atoms with Crippen LogP contribution in [0.1, 0.15) is 26.2 Å². The zero-order valence-electron chi connectivity index (χ0n) is 20.2. The van der Waals surface area contributed by atoms with Crippen molar-refractivity contribution in [1.29, 1.82) is 0 Å². The largest absolute Gasteiger partial charge is 0.457 e. The summed E-state index contributed by atoms with van der Waals surface area (Å²) in [7, 11) is 0. The number of amides is 1. The number of nitrogen functional groups attached to an aromatic ring is 1. The Labute approximate surface area is 218 Å². The number of carbonyl (C=O) groups excluding carboxylic acids is 1. The van der Waals surface area contributed by atoms with Gasteiger partial charge in [-0.2, -0.15) is 5.10 Å². The van der Waals surface area contributed by atoms with Gasteiger partial charge in [-0.3, -0.25) is 9.89 Å². The summed E-state index contributed by atoms with van der Waals surface area (Å²) in [6.07, 6.45) is 4.92. The fourth-order valence-corrected chi connectivity index (χ4v) is 4.07. The van der Waals surface area contributed by atoms with E-state index < -0.39 is 0 Å². The first-order valence-electron chi connectivity index (χ1n) is 11.8. The third-order valence-electron chi connectivity index (χ3n) is 5.90. The van der Waals surface area contributed by atoms with Crippen molar-refractivity contribution in [3.63, 3.8) is 0 Å². The van der Waals surface area contributed by atoms with Gasteiger partial charge in [0.15, 0.2) is 5.65 Å². The second kappa shape index (κ2) is 11.8. The van der Waals surface area contributed by atoms with Crippen LogP contribution < -0.4 is 10.5 Å². The summed E-state index contributed by atoms with van der Waals surface area (Å²) >= 11 is 3.36. The highest BCUT2D eigenvalue weighted by Gasteiger charge is 2.20. The predicted octanol–water partition coefficient (Wildman–Crippen LogP) is 5.73. The van der Waals surface area contributed by atoms with E-state index in [4.69, 9.17) is 10.5 Å². The van der Waals surface area contributed by atoms with Gasteiger partial charge in [0.05, 0.1) is 11.1 Å². The average molecular weight is 549 g/mol. The topological polar surface area (TPSA) is 110 Å². The summed E-state index contributed by atoms with van der Waals surface area (Å²) in [6, 6.07) is 17.3. The van der Waals surface area contributed by atoms with Crippen molar-refractivity contribution < 1.29 is 9.53 Å². The molecule has 1 aliphatic heterocycles. The van der Waals surface area contributed by atoms with E-state index in [1.54, 1.807) is 0 Å². The molecule has 0 aliphatic carbocycles. The van der Waals surface area contributed by atoms with Gasteiger partial charge < -0.3 is 15.4 Å². The highest BCUT2D eigenvalue weighted by molar-refractivity contribution is 9.09. The first-order chi connectivity index (χ1) is 17.4. The summed E-state index contributed by atoms with van der Waals surface area (Å²) in [5.41, 5.74) is 8.89. The van der Waals surface area contributed by atoms with E-state index in [2.05, 4.69) is 42.7 Å². The molecule has 1 unspecified atom stereocenters. The Morgan fingerprint density at radius 2 is 1.72 bits per heavy atom. The number of nitrogens with two attached hydrogens (primary N) is 1. The number of alkyl halides is 1. The number of fused-ring (bicyclic) bond motifs is 1. The van der Waals surface area contributed by atoms with Gasteiger partial charge in [0.2, 0.25) is 5.91 Å². The lowest BCUT2D eigenvalue weighted by Gasteiger charge is -2.27. The number of rotatable bonds is 5. The number of halogens is 1. The number of aromatic nitrogens is 4. The zero-order valence-corrected chi connectivity index (χ0v) is 21.7. The lowest BCUT2D eigenvalue weighted by molar-refractivity contribution is -0.128. The number of H-pyrrole nitrogens is 1. The predicted molar refractivity (Wildman–Crippen MR) is 146 cm³/mol. The highest BCUT2D eigenvalue weighted by Crippen LogP contribution is 2.30. The number of nitrogens with one attached hydrogen (secondary N) is 1. The van der Waals surface area contributed by atoms with Crippen molar-refractivity contribution in [1.82, 2.24) is 25.1 Å². The summed E-state index contributed by atoms with van der Waals surface area (Å²) < 4.78 is 5.79. The van der Waals surface area contributed by atoms with E-state index in [1.807, 2.05) is 66.4 Å². The fourth-order valence-electron chi connectivity index (χ4n) is 3.87. The number of ether oxygens (including phenoxy) is 1. The van der Waals surface area contributed by atoms with E-state index in [1.165, 1.54) is 12.7 Å². The molecule has 0 bridgehead atoms. The minimum absolute atomic E-state index is 0.0851. The van der Waals surface area contributed by atoms with Gasteiger partial charge in [-0.1, -0.05) is 40.7 Å². The molecule has 2 aromatic carbocycles. The number of hydrogen-bond donors (Lipinski definition) is 2. The van der Waals surface area contributed by atoms with Crippen LogP contribution in [0.4, 0.5) is 5.82 Å². The van der Waals surface area contributed by atoms with E-state index in [9.17, 15) is 4.79 Å². The van der Waals surface area contributed by atoms with Crippen molar-refractivity contribution in [3.8, 4) is 22.8 Å². The Morgan fingerprint density at radius 3 is 2.39 bits per heavy atom. The lowest BCUT2D eigenvalue weighted by atomic mass is 10.1. The number of aromatic amines is 1. The standard InChI is InChI=1S/C17H13N5O.C10H16BrNO/c18-16-14-15(21-22-17(14)20-10-19-16)11-6-8-13(9-7-11)23-12-4-2-1-3-5-12;1-8(9(2)11)10(13)12-6-4-3-5-7-12/h1-10H,(H3,18,19,20,21,22);9H,1,3-7H2,2H3. The van der Waals surface area contributed by atoms with Crippen LogP contribution in [0.25, 0.3) is 22.3 Å². The van der Waals surface area contributed by atoms with E-state index in [-0.39, 0.29) is 10.7 Å². The summed E-state index contributed by atoms with van der Waals surface area (Å²) in [5, 5.41) is 7.85. The lowest BCUT2D eigenvalue weighted by Crippen LogP contribution is -2.37. The molecule has 36 heavy (non-hydrogen) atoms. The van der Waals surface area contributed by atoms with Crippen LogP contribution in [0, 0.1) is 0 Å². The maximum atomic E-state index is 11.7. The van der Waals surface area contributed by atoms with Crippen molar-refractivity contribution in [2.45, 2.75) is 31.0 Å². The first-order valence-corrected chi connectivity index (χ1v) is 12.8. The van der Waals surface area contributed by atoms with Crippen LogP contribution in [0.2, 0.25) is 0 Å². The Morgan fingerprint density at radius 1 is 1.06 bits per heavy atom. The molecule has 0 saturated carbocycles. The van der Waals surface area contributed by atoms with Crippen LogP contribution in [0.3, 0.4) is 0 Å². The van der Waals surface area contributed by atoms with Gasteiger partial charge in [0.25, 0.3) is 0 Å². The van der Waals surface area contributed by atoms with Gasteiger partial charge in [0, 0.05) is 29.1 Å². The van der Waals surface area contributed by atoms with Crippen LogP contribution in [0.15, 0.2) is 73.1 Å². The van der Waals surface area contributed by atoms with Crippen LogP contribution >= 0.6 is 15.9 Å². The number of carbonyl (C=O) groups is 1. The molecule has 1 fully saturated rings. The van der Waals surface area contributed by atoms with Gasteiger partial charge >= 0.3 is 0 Å². The number of likely N-dealkylation sites (tertiary alicyclic amines) is 1. The van der Waals surface area contributed by atoms with Crippen molar-refractivity contribution >= 4 is 38.7 Å². The number of benzene rings is 2. The summed E-state index contributed by atoms with van der Waals surface area (Å²) in [4.78, 5) is 21.9. The fraction of sp³-hybridized carbons (Fsp3) is 0.259. The van der Waals surface area contributed by atoms with Gasteiger partial charge in [0.1, 0.15) is 23.6 Å². The monoisotopic (exact) mass is 548 g/mol. The number of hydrogen-bond acceptors (Lipinski definition) is 6. The number of piperidine rings is 1. The first kappa shape index (κ1) is 25.4.